The van der Waals surface area contributed by atoms with Crippen molar-refractivity contribution in [2.24, 2.45) is 0 Å². The molecule has 0 N–H and O–H groups in total. The molecular formula is C23H22F2N4O3S. The summed E-state index contributed by atoms with van der Waals surface area (Å²) in [4.78, 5) is 33.4. The van der Waals surface area contributed by atoms with Crippen molar-refractivity contribution in [3.63, 3.8) is 0 Å². The van der Waals surface area contributed by atoms with Crippen LogP contribution in [-0.2, 0) is 5.75 Å². The molecule has 0 spiro atoms. The maximum Gasteiger partial charge on any atom is 0.256 e. The quantitative estimate of drug-likeness (QED) is 0.525. The number of amides is 2. The van der Waals surface area contributed by atoms with Crippen LogP contribution in [0.1, 0.15) is 37.7 Å². The van der Waals surface area contributed by atoms with Crippen LogP contribution < -0.4 is 0 Å². The van der Waals surface area contributed by atoms with Gasteiger partial charge in [0.05, 0.1) is 11.3 Å². The van der Waals surface area contributed by atoms with E-state index in [2.05, 4.69) is 10.1 Å². The smallest absolute Gasteiger partial charge is 0.256 e. The predicted molar refractivity (Wildman–Crippen MR) is 118 cm³/mol. The summed E-state index contributed by atoms with van der Waals surface area (Å²) in [5, 5.41) is 4.57. The zero-order chi connectivity index (χ0) is 23.5. The monoisotopic (exact) mass is 472 g/mol. The molecule has 1 aliphatic heterocycles. The van der Waals surface area contributed by atoms with Crippen molar-refractivity contribution in [2.75, 3.05) is 26.2 Å². The second-order valence-electron chi connectivity index (χ2n) is 7.66. The molecule has 0 unspecified atom stereocenters. The first kappa shape index (κ1) is 22.9. The van der Waals surface area contributed by atoms with Crippen LogP contribution in [0.2, 0.25) is 0 Å². The maximum atomic E-state index is 13.5. The third-order valence-corrected chi connectivity index (χ3v) is 6.59. The minimum atomic E-state index is -1.06. The highest BCUT2D eigenvalue weighted by Crippen LogP contribution is 2.28. The average molecular weight is 473 g/mol. The second-order valence-corrected chi connectivity index (χ2v) is 8.62. The summed E-state index contributed by atoms with van der Waals surface area (Å²) < 4.78 is 31.8. The highest BCUT2D eigenvalue weighted by molar-refractivity contribution is 7.98. The third-order valence-electron chi connectivity index (χ3n) is 5.56. The molecule has 1 aromatic carbocycles. The van der Waals surface area contributed by atoms with Crippen LogP contribution in [-0.4, -0.2) is 57.9 Å². The van der Waals surface area contributed by atoms with Crippen molar-refractivity contribution in [3.05, 3.63) is 76.3 Å². The summed E-state index contributed by atoms with van der Waals surface area (Å²) >= 11 is 1.44. The van der Waals surface area contributed by atoms with Crippen molar-refractivity contribution in [1.82, 2.24) is 19.9 Å². The van der Waals surface area contributed by atoms with Crippen LogP contribution in [0, 0.1) is 25.5 Å². The van der Waals surface area contributed by atoms with Gasteiger partial charge in [-0.25, -0.2) is 13.8 Å². The van der Waals surface area contributed by atoms with Crippen LogP contribution in [0.4, 0.5) is 8.78 Å². The lowest BCUT2D eigenvalue weighted by atomic mass is 10.1. The van der Waals surface area contributed by atoms with Crippen molar-refractivity contribution in [1.29, 1.82) is 0 Å². The average Bonchev–Trinajstić information content (AvgIpc) is 3.16. The SMILES string of the molecule is Cc1noc(C)c1CSc1ncccc1C(=O)N1CCN(C(=O)c2ccc(F)c(F)c2)CC1. The van der Waals surface area contributed by atoms with E-state index >= 15 is 0 Å². The molecular weight excluding hydrogens is 450 g/mol. The van der Waals surface area contributed by atoms with E-state index in [1.807, 2.05) is 13.8 Å². The number of carbonyl (C=O) groups excluding carboxylic acids is 2. The molecule has 1 fully saturated rings. The molecule has 0 aliphatic carbocycles. The lowest BCUT2D eigenvalue weighted by Gasteiger charge is -2.35. The van der Waals surface area contributed by atoms with Crippen molar-refractivity contribution < 1.29 is 22.9 Å². The number of thioether (sulfide) groups is 1. The fourth-order valence-corrected chi connectivity index (χ4v) is 4.75. The van der Waals surface area contributed by atoms with E-state index in [0.29, 0.717) is 42.5 Å². The number of halogens is 2. The van der Waals surface area contributed by atoms with E-state index in [-0.39, 0.29) is 11.5 Å². The number of pyridine rings is 1. The van der Waals surface area contributed by atoms with E-state index in [9.17, 15) is 18.4 Å². The van der Waals surface area contributed by atoms with Crippen molar-refractivity contribution in [3.8, 4) is 0 Å². The van der Waals surface area contributed by atoms with Gasteiger partial charge in [-0.3, -0.25) is 9.59 Å². The molecule has 0 atom stereocenters. The molecule has 1 saturated heterocycles. The van der Waals surface area contributed by atoms with Crippen molar-refractivity contribution in [2.45, 2.75) is 24.6 Å². The first-order chi connectivity index (χ1) is 15.8. The summed E-state index contributed by atoms with van der Waals surface area (Å²) in [6.07, 6.45) is 1.64. The Kier molecular flexibility index (Phi) is 6.73. The van der Waals surface area contributed by atoms with Crippen LogP contribution in [0.3, 0.4) is 0 Å². The van der Waals surface area contributed by atoms with Gasteiger partial charge in [-0.15, -0.1) is 11.8 Å². The number of carbonyl (C=O) groups is 2. The molecule has 0 bridgehead atoms. The van der Waals surface area contributed by atoms with Gasteiger partial charge in [0, 0.05) is 49.3 Å². The van der Waals surface area contributed by atoms with Gasteiger partial charge in [0.15, 0.2) is 11.6 Å². The van der Waals surface area contributed by atoms with Gasteiger partial charge in [-0.2, -0.15) is 0 Å². The van der Waals surface area contributed by atoms with Gasteiger partial charge >= 0.3 is 0 Å². The van der Waals surface area contributed by atoms with Crippen molar-refractivity contribution >= 4 is 23.6 Å². The van der Waals surface area contributed by atoms with E-state index < -0.39 is 17.5 Å². The normalized spacial score (nSPS) is 13.9. The number of aryl methyl sites for hydroxylation is 2. The minimum Gasteiger partial charge on any atom is -0.361 e. The topological polar surface area (TPSA) is 79.5 Å². The van der Waals surface area contributed by atoms with E-state index in [1.165, 1.54) is 22.7 Å². The lowest BCUT2D eigenvalue weighted by Crippen LogP contribution is -2.50. The van der Waals surface area contributed by atoms with E-state index in [0.717, 1.165) is 29.2 Å². The summed E-state index contributed by atoms with van der Waals surface area (Å²) in [6, 6.07) is 6.55. The number of rotatable bonds is 5. The maximum absolute atomic E-state index is 13.5. The molecule has 0 radical (unpaired) electrons. The molecule has 3 heterocycles. The van der Waals surface area contributed by atoms with Crippen LogP contribution in [0.25, 0.3) is 0 Å². The highest BCUT2D eigenvalue weighted by Gasteiger charge is 2.27. The molecule has 0 saturated carbocycles. The van der Waals surface area contributed by atoms with Crippen LogP contribution >= 0.6 is 11.8 Å². The third kappa shape index (κ3) is 4.90. The molecule has 172 valence electrons. The number of hydrogen-bond donors (Lipinski definition) is 0. The molecule has 2 amide bonds. The summed E-state index contributed by atoms with van der Waals surface area (Å²) in [5.41, 5.74) is 2.37. The van der Waals surface area contributed by atoms with Gasteiger partial charge in [-0.05, 0) is 44.2 Å². The van der Waals surface area contributed by atoms with Gasteiger partial charge in [0.2, 0.25) is 0 Å². The standard InChI is InChI=1S/C23H22F2N4O3S/c1-14-18(15(2)32-27-14)13-33-21-17(4-3-7-26-21)23(31)29-10-8-28(9-11-29)22(30)16-5-6-19(24)20(25)12-16/h3-7,12H,8-11,13H2,1-2H3. The first-order valence-electron chi connectivity index (χ1n) is 10.4. The van der Waals surface area contributed by atoms with Gasteiger partial charge in [0.1, 0.15) is 10.8 Å². The molecule has 3 aromatic rings. The van der Waals surface area contributed by atoms with Crippen LogP contribution in [0.15, 0.2) is 46.1 Å². The number of benzene rings is 1. The molecule has 2 aromatic heterocycles. The van der Waals surface area contributed by atoms with Gasteiger partial charge in [-0.1, -0.05) is 5.16 Å². The predicted octanol–water partition coefficient (Wildman–Crippen LogP) is 3.86. The zero-order valence-electron chi connectivity index (χ0n) is 18.2. The number of piperazine rings is 1. The Morgan fingerprint density at radius 2 is 1.73 bits per heavy atom. The first-order valence-corrected chi connectivity index (χ1v) is 11.4. The summed E-state index contributed by atoms with van der Waals surface area (Å²) in [5.74, 6) is -1.29. The molecule has 1 aliphatic rings. The summed E-state index contributed by atoms with van der Waals surface area (Å²) in [6.45, 7) is 4.98. The van der Waals surface area contributed by atoms with Crippen LogP contribution in [0.5, 0.6) is 0 Å². The Labute approximate surface area is 193 Å². The molecule has 10 heteroatoms. The number of hydrogen-bond acceptors (Lipinski definition) is 6. The Balaban J connectivity index is 1.40. The Bertz CT molecular complexity index is 1170. The Morgan fingerprint density at radius 1 is 1.03 bits per heavy atom. The van der Waals surface area contributed by atoms with Gasteiger partial charge in [0.25, 0.3) is 11.8 Å². The molecule has 4 rings (SSSR count). The fourth-order valence-electron chi connectivity index (χ4n) is 3.61. The van der Waals surface area contributed by atoms with Gasteiger partial charge < -0.3 is 14.3 Å². The number of aromatic nitrogens is 2. The van der Waals surface area contributed by atoms with E-state index in [1.54, 1.807) is 23.2 Å². The molecule has 33 heavy (non-hydrogen) atoms. The minimum absolute atomic E-state index is 0.0824. The zero-order valence-corrected chi connectivity index (χ0v) is 19.0. The second kappa shape index (κ2) is 9.70. The fraction of sp³-hybridized carbons (Fsp3) is 0.304. The Hall–Kier alpha value is -3.27. The molecule has 7 nitrogen and oxygen atoms in total. The highest BCUT2D eigenvalue weighted by atomic mass is 32.2. The lowest BCUT2D eigenvalue weighted by molar-refractivity contribution is 0.0533. The number of nitrogens with zero attached hydrogens (tertiary/aromatic N) is 4. The Morgan fingerprint density at radius 3 is 2.36 bits per heavy atom. The summed E-state index contributed by atoms with van der Waals surface area (Å²) in [7, 11) is 0. The largest absolute Gasteiger partial charge is 0.361 e. The van der Waals surface area contributed by atoms with E-state index in [4.69, 9.17) is 4.52 Å².